The van der Waals surface area contributed by atoms with Crippen LogP contribution in [0.25, 0.3) is 0 Å². The number of hydrogen-bond donors (Lipinski definition) is 2. The third-order valence-corrected chi connectivity index (χ3v) is 3.57. The molecule has 0 fully saturated rings. The van der Waals surface area contributed by atoms with Crippen LogP contribution in [0.3, 0.4) is 0 Å². The van der Waals surface area contributed by atoms with Crippen LogP contribution in [-0.4, -0.2) is 23.0 Å². The Hall–Kier alpha value is -3.41. The van der Waals surface area contributed by atoms with E-state index in [2.05, 4.69) is 20.6 Å². The van der Waals surface area contributed by atoms with E-state index in [1.54, 1.807) is 43.9 Å². The molecule has 6 heteroatoms. The van der Waals surface area contributed by atoms with Crippen LogP contribution in [0.15, 0.2) is 67.3 Å². The number of nitrogens with one attached hydrogen (secondary N) is 2. The Morgan fingerprint density at radius 3 is 2.68 bits per heavy atom. The Labute approximate surface area is 145 Å². The van der Waals surface area contributed by atoms with Crippen molar-refractivity contribution in [3.8, 4) is 5.75 Å². The number of carbonyl (C=O) groups excluding carboxylic acids is 1. The highest BCUT2D eigenvalue weighted by molar-refractivity contribution is 6.04. The van der Waals surface area contributed by atoms with E-state index in [9.17, 15) is 4.79 Å². The molecule has 1 aromatic carbocycles. The number of pyridine rings is 2. The standard InChI is InChI=1S/C19H18N4O2/c1-25-18-4-2-3-16(10-18)23-19(24)15-9-17(13-21-12-15)22-11-14-5-7-20-8-6-14/h2-10,12-13,22H,11H2,1H3,(H,23,24). The lowest BCUT2D eigenvalue weighted by atomic mass is 10.2. The number of hydrogen-bond acceptors (Lipinski definition) is 5. The number of ether oxygens (including phenoxy) is 1. The summed E-state index contributed by atoms with van der Waals surface area (Å²) >= 11 is 0. The molecule has 0 aliphatic rings. The average Bonchev–Trinajstić information content (AvgIpc) is 2.67. The van der Waals surface area contributed by atoms with Crippen LogP contribution in [0.2, 0.25) is 0 Å². The first kappa shape index (κ1) is 16.4. The Bertz CT molecular complexity index is 853. The Kier molecular flexibility index (Phi) is 5.21. The number of anilines is 2. The van der Waals surface area contributed by atoms with Crippen LogP contribution in [-0.2, 0) is 6.54 Å². The lowest BCUT2D eigenvalue weighted by Gasteiger charge is -2.09. The fourth-order valence-electron chi connectivity index (χ4n) is 2.27. The van der Waals surface area contributed by atoms with Gasteiger partial charge in [-0.15, -0.1) is 0 Å². The normalized spacial score (nSPS) is 10.1. The minimum absolute atomic E-state index is 0.228. The van der Waals surface area contributed by atoms with Crippen molar-refractivity contribution in [2.45, 2.75) is 6.54 Å². The van der Waals surface area contributed by atoms with Crippen LogP contribution in [0.5, 0.6) is 5.75 Å². The van der Waals surface area contributed by atoms with Crippen LogP contribution < -0.4 is 15.4 Å². The lowest BCUT2D eigenvalue weighted by molar-refractivity contribution is 0.102. The van der Waals surface area contributed by atoms with Gasteiger partial charge in [0.1, 0.15) is 5.75 Å². The fourth-order valence-corrected chi connectivity index (χ4v) is 2.27. The van der Waals surface area contributed by atoms with Crippen LogP contribution >= 0.6 is 0 Å². The summed E-state index contributed by atoms with van der Waals surface area (Å²) in [5, 5.41) is 6.09. The zero-order valence-corrected chi connectivity index (χ0v) is 13.8. The van der Waals surface area contributed by atoms with Crippen LogP contribution in [0.1, 0.15) is 15.9 Å². The predicted octanol–water partition coefficient (Wildman–Crippen LogP) is 3.35. The van der Waals surface area contributed by atoms with E-state index in [0.29, 0.717) is 23.5 Å². The van der Waals surface area contributed by atoms with E-state index in [4.69, 9.17) is 4.74 Å². The van der Waals surface area contributed by atoms with Crippen LogP contribution in [0.4, 0.5) is 11.4 Å². The van der Waals surface area contributed by atoms with Gasteiger partial charge in [0.05, 0.1) is 18.4 Å². The summed E-state index contributed by atoms with van der Waals surface area (Å²) in [6, 6.07) is 12.8. The summed E-state index contributed by atoms with van der Waals surface area (Å²) in [5.74, 6) is 0.456. The molecule has 3 rings (SSSR count). The topological polar surface area (TPSA) is 76.1 Å². The van der Waals surface area contributed by atoms with Gasteiger partial charge < -0.3 is 15.4 Å². The first-order chi connectivity index (χ1) is 12.2. The van der Waals surface area contributed by atoms with E-state index < -0.39 is 0 Å². The van der Waals surface area contributed by atoms with Gasteiger partial charge in [0.25, 0.3) is 5.91 Å². The Balaban J connectivity index is 1.66. The highest BCUT2D eigenvalue weighted by atomic mass is 16.5. The summed E-state index contributed by atoms with van der Waals surface area (Å²) in [7, 11) is 1.59. The average molecular weight is 334 g/mol. The zero-order valence-electron chi connectivity index (χ0n) is 13.8. The van der Waals surface area contributed by atoms with Gasteiger partial charge in [-0.25, -0.2) is 0 Å². The smallest absolute Gasteiger partial charge is 0.257 e. The molecule has 0 spiro atoms. The molecular weight excluding hydrogens is 316 g/mol. The van der Waals surface area contributed by atoms with Crippen molar-refractivity contribution in [2.24, 2.45) is 0 Å². The molecule has 3 aromatic rings. The van der Waals surface area contributed by atoms with Gasteiger partial charge in [-0.2, -0.15) is 0 Å². The summed E-state index contributed by atoms with van der Waals surface area (Å²) in [4.78, 5) is 20.5. The monoisotopic (exact) mass is 334 g/mol. The molecule has 25 heavy (non-hydrogen) atoms. The second kappa shape index (κ2) is 7.92. The van der Waals surface area contributed by atoms with Crippen molar-refractivity contribution in [1.82, 2.24) is 9.97 Å². The van der Waals surface area contributed by atoms with Gasteiger partial charge in [0.2, 0.25) is 0 Å². The molecule has 2 heterocycles. The predicted molar refractivity (Wildman–Crippen MR) is 96.7 cm³/mol. The second-order valence-electron chi connectivity index (χ2n) is 5.36. The largest absolute Gasteiger partial charge is 0.497 e. The summed E-state index contributed by atoms with van der Waals surface area (Å²) < 4.78 is 5.16. The van der Waals surface area contributed by atoms with Crippen molar-refractivity contribution in [3.05, 3.63) is 78.4 Å². The highest BCUT2D eigenvalue weighted by Crippen LogP contribution is 2.18. The second-order valence-corrected chi connectivity index (χ2v) is 5.36. The maximum absolute atomic E-state index is 12.4. The van der Waals surface area contributed by atoms with E-state index >= 15 is 0 Å². The molecule has 2 N–H and O–H groups in total. The van der Waals surface area contributed by atoms with Crippen LogP contribution in [0, 0.1) is 0 Å². The quantitative estimate of drug-likeness (QED) is 0.723. The Morgan fingerprint density at radius 2 is 1.88 bits per heavy atom. The molecule has 0 aliphatic heterocycles. The van der Waals surface area contributed by atoms with Crippen molar-refractivity contribution < 1.29 is 9.53 Å². The number of aromatic nitrogens is 2. The molecule has 0 atom stereocenters. The number of amides is 1. The van der Waals surface area contributed by atoms with Crippen molar-refractivity contribution in [3.63, 3.8) is 0 Å². The molecule has 6 nitrogen and oxygen atoms in total. The number of benzene rings is 1. The van der Waals surface area contributed by atoms with Gasteiger partial charge in [-0.3, -0.25) is 14.8 Å². The van der Waals surface area contributed by atoms with Crippen molar-refractivity contribution in [2.75, 3.05) is 17.7 Å². The number of rotatable bonds is 6. The zero-order chi connectivity index (χ0) is 17.5. The summed E-state index contributed by atoms with van der Waals surface area (Å²) in [6.07, 6.45) is 6.71. The molecule has 0 radical (unpaired) electrons. The van der Waals surface area contributed by atoms with Crippen molar-refractivity contribution in [1.29, 1.82) is 0 Å². The van der Waals surface area contributed by atoms with Gasteiger partial charge in [0, 0.05) is 43.1 Å². The number of methoxy groups -OCH3 is 1. The highest BCUT2D eigenvalue weighted by Gasteiger charge is 2.08. The molecule has 0 unspecified atom stereocenters. The first-order valence-corrected chi connectivity index (χ1v) is 7.78. The SMILES string of the molecule is COc1cccc(NC(=O)c2cncc(NCc3ccncc3)c2)c1. The van der Waals surface area contributed by atoms with Gasteiger partial charge in [0.15, 0.2) is 0 Å². The van der Waals surface area contributed by atoms with E-state index in [1.165, 1.54) is 6.20 Å². The first-order valence-electron chi connectivity index (χ1n) is 7.78. The molecular formula is C19H18N4O2. The van der Waals surface area contributed by atoms with Gasteiger partial charge in [-0.1, -0.05) is 6.07 Å². The summed E-state index contributed by atoms with van der Waals surface area (Å²) in [5.41, 5.74) is 3.01. The van der Waals surface area contributed by atoms with Gasteiger partial charge in [-0.05, 0) is 35.9 Å². The molecule has 0 saturated heterocycles. The minimum Gasteiger partial charge on any atom is -0.497 e. The third kappa shape index (κ3) is 4.54. The molecule has 2 aromatic heterocycles. The van der Waals surface area contributed by atoms with E-state index in [-0.39, 0.29) is 5.91 Å². The molecule has 0 saturated carbocycles. The van der Waals surface area contributed by atoms with Gasteiger partial charge >= 0.3 is 0 Å². The fraction of sp³-hybridized carbons (Fsp3) is 0.105. The number of nitrogens with zero attached hydrogens (tertiary/aromatic N) is 2. The number of carbonyl (C=O) groups is 1. The maximum Gasteiger partial charge on any atom is 0.257 e. The molecule has 1 amide bonds. The summed E-state index contributed by atoms with van der Waals surface area (Å²) in [6.45, 7) is 0.630. The lowest BCUT2D eigenvalue weighted by Crippen LogP contribution is -2.13. The Morgan fingerprint density at radius 1 is 1.04 bits per heavy atom. The third-order valence-electron chi connectivity index (χ3n) is 3.57. The minimum atomic E-state index is -0.228. The van der Waals surface area contributed by atoms with E-state index in [1.807, 2.05) is 24.3 Å². The molecule has 0 bridgehead atoms. The maximum atomic E-state index is 12.4. The molecule has 126 valence electrons. The van der Waals surface area contributed by atoms with Crippen molar-refractivity contribution >= 4 is 17.3 Å². The molecule has 0 aliphatic carbocycles. The van der Waals surface area contributed by atoms with E-state index in [0.717, 1.165) is 11.3 Å².